The van der Waals surface area contributed by atoms with Crippen LogP contribution >= 0.6 is 0 Å². The van der Waals surface area contributed by atoms with Gasteiger partial charge in [0.05, 0.1) is 6.54 Å². The smallest absolute Gasteiger partial charge is 0.285 e. The Morgan fingerprint density at radius 2 is 2.00 bits per heavy atom. The summed E-state index contributed by atoms with van der Waals surface area (Å²) in [6.07, 6.45) is 0. The molecule has 2 rings (SSSR count). The normalized spacial score (nSPS) is 15.2. The zero-order valence-electron chi connectivity index (χ0n) is 12.0. The number of nitrogens with one attached hydrogen (secondary N) is 2. The highest BCUT2D eigenvalue weighted by Crippen LogP contribution is 2.26. The molecule has 0 saturated carbocycles. The van der Waals surface area contributed by atoms with Crippen LogP contribution in [0.25, 0.3) is 0 Å². The molecule has 2 N–H and O–H groups in total. The lowest BCUT2D eigenvalue weighted by atomic mass is 10.2. The Kier molecular flexibility index (Phi) is 4.59. The Morgan fingerprint density at radius 1 is 1.29 bits per heavy atom. The van der Waals surface area contributed by atoms with E-state index in [0.717, 1.165) is 0 Å². The van der Waals surface area contributed by atoms with Crippen molar-refractivity contribution < 1.29 is 13.2 Å². The van der Waals surface area contributed by atoms with Gasteiger partial charge in [-0.1, -0.05) is 12.1 Å². The number of fused-ring (bicyclic) bond motifs is 1. The standard InChI is InChI=1S/C13H18N4O3S/c1-14-7-8-15-12(18)9-17(2)13-10-5-3-4-6-11(10)21(19,20)16-13/h3-6,14H,7-9H2,1-2H3,(H,15,18). The van der Waals surface area contributed by atoms with Gasteiger partial charge in [0.15, 0.2) is 5.84 Å². The first-order chi connectivity index (χ1) is 9.95. The molecule has 8 heteroatoms. The maximum Gasteiger partial charge on any atom is 0.285 e. The molecule has 1 aliphatic heterocycles. The van der Waals surface area contributed by atoms with Crippen LogP contribution in [0.4, 0.5) is 0 Å². The van der Waals surface area contributed by atoms with Crippen LogP contribution in [0.3, 0.4) is 0 Å². The largest absolute Gasteiger partial charge is 0.353 e. The molecule has 1 aromatic rings. The van der Waals surface area contributed by atoms with Crippen molar-refractivity contribution in [2.75, 3.05) is 33.7 Å². The highest BCUT2D eigenvalue weighted by atomic mass is 32.2. The molecule has 7 nitrogen and oxygen atoms in total. The van der Waals surface area contributed by atoms with Crippen molar-refractivity contribution in [2.24, 2.45) is 4.40 Å². The highest BCUT2D eigenvalue weighted by Gasteiger charge is 2.30. The maximum atomic E-state index is 11.9. The Balaban J connectivity index is 2.11. The topological polar surface area (TPSA) is 90.9 Å². The van der Waals surface area contributed by atoms with Crippen LogP contribution in [0.5, 0.6) is 0 Å². The summed E-state index contributed by atoms with van der Waals surface area (Å²) in [5, 5.41) is 5.66. The summed E-state index contributed by atoms with van der Waals surface area (Å²) in [6, 6.07) is 6.60. The lowest BCUT2D eigenvalue weighted by Gasteiger charge is -2.18. The molecule has 1 aromatic carbocycles. The van der Waals surface area contributed by atoms with Gasteiger partial charge in [-0.2, -0.15) is 8.42 Å². The average Bonchev–Trinajstić information content (AvgIpc) is 2.72. The van der Waals surface area contributed by atoms with Gasteiger partial charge in [-0.05, 0) is 19.2 Å². The van der Waals surface area contributed by atoms with Crippen molar-refractivity contribution in [3.05, 3.63) is 29.8 Å². The van der Waals surface area contributed by atoms with Gasteiger partial charge in [0.25, 0.3) is 10.0 Å². The van der Waals surface area contributed by atoms with Crippen LogP contribution in [0.2, 0.25) is 0 Å². The van der Waals surface area contributed by atoms with Crippen LogP contribution in [-0.4, -0.2) is 58.8 Å². The van der Waals surface area contributed by atoms with E-state index < -0.39 is 10.0 Å². The number of likely N-dealkylation sites (N-methyl/N-ethyl adjacent to an activating group) is 2. The molecule has 0 aromatic heterocycles. The Hall–Kier alpha value is -1.93. The minimum absolute atomic E-state index is 0.0480. The van der Waals surface area contributed by atoms with Gasteiger partial charge in [0.2, 0.25) is 5.91 Å². The number of carbonyl (C=O) groups excluding carboxylic acids is 1. The summed E-state index contributed by atoms with van der Waals surface area (Å²) in [4.78, 5) is 13.5. The molecular weight excluding hydrogens is 292 g/mol. The lowest BCUT2D eigenvalue weighted by Crippen LogP contribution is -2.40. The van der Waals surface area contributed by atoms with Gasteiger partial charge >= 0.3 is 0 Å². The fraction of sp³-hybridized carbons (Fsp3) is 0.385. The maximum absolute atomic E-state index is 11.9. The van der Waals surface area contributed by atoms with Crippen LogP contribution < -0.4 is 10.6 Å². The van der Waals surface area contributed by atoms with E-state index in [1.807, 2.05) is 0 Å². The first-order valence-electron chi connectivity index (χ1n) is 6.52. The minimum Gasteiger partial charge on any atom is -0.353 e. The van der Waals surface area contributed by atoms with Crippen molar-refractivity contribution in [3.8, 4) is 0 Å². The van der Waals surface area contributed by atoms with E-state index in [0.29, 0.717) is 24.5 Å². The van der Waals surface area contributed by atoms with Crippen LogP contribution in [0.1, 0.15) is 5.56 Å². The molecule has 0 bridgehead atoms. The number of amidine groups is 1. The molecule has 1 amide bonds. The van der Waals surface area contributed by atoms with Crippen molar-refractivity contribution in [1.29, 1.82) is 0 Å². The third-order valence-electron chi connectivity index (χ3n) is 3.05. The highest BCUT2D eigenvalue weighted by molar-refractivity contribution is 7.90. The van der Waals surface area contributed by atoms with Gasteiger partial charge in [0, 0.05) is 25.7 Å². The van der Waals surface area contributed by atoms with E-state index >= 15 is 0 Å². The first kappa shape index (κ1) is 15.5. The van der Waals surface area contributed by atoms with Gasteiger partial charge in [-0.3, -0.25) is 4.79 Å². The molecule has 0 fully saturated rings. The molecule has 0 spiro atoms. The van der Waals surface area contributed by atoms with Crippen molar-refractivity contribution in [3.63, 3.8) is 0 Å². The lowest BCUT2D eigenvalue weighted by molar-refractivity contribution is -0.121. The third-order valence-corrected chi connectivity index (χ3v) is 4.38. The van der Waals surface area contributed by atoms with E-state index in [2.05, 4.69) is 15.0 Å². The summed E-state index contributed by atoms with van der Waals surface area (Å²) in [7, 11) is -0.206. The zero-order valence-corrected chi connectivity index (χ0v) is 12.8. The SMILES string of the molecule is CNCCNC(=O)CN(C)C1=NS(=O)(=O)c2ccccc21. The molecule has 0 atom stereocenters. The molecule has 1 aliphatic rings. The van der Waals surface area contributed by atoms with E-state index in [1.54, 1.807) is 32.3 Å². The quantitative estimate of drug-likeness (QED) is 0.709. The second-order valence-corrected chi connectivity index (χ2v) is 6.27. The molecule has 0 aliphatic carbocycles. The Morgan fingerprint density at radius 3 is 2.71 bits per heavy atom. The molecule has 1 heterocycles. The molecule has 0 radical (unpaired) electrons. The Labute approximate surface area is 124 Å². The van der Waals surface area contributed by atoms with E-state index in [1.165, 1.54) is 11.0 Å². The van der Waals surface area contributed by atoms with Crippen LogP contribution in [0.15, 0.2) is 33.6 Å². The van der Waals surface area contributed by atoms with Gasteiger partial charge in [-0.15, -0.1) is 4.40 Å². The number of benzene rings is 1. The van der Waals surface area contributed by atoms with E-state index in [-0.39, 0.29) is 17.3 Å². The third kappa shape index (κ3) is 3.40. The average molecular weight is 310 g/mol. The number of hydrogen-bond acceptors (Lipinski definition) is 5. The van der Waals surface area contributed by atoms with E-state index in [9.17, 15) is 13.2 Å². The monoisotopic (exact) mass is 310 g/mol. The summed E-state index contributed by atoms with van der Waals surface area (Å²) in [6.45, 7) is 1.24. The molecule has 0 saturated heterocycles. The van der Waals surface area contributed by atoms with Crippen molar-refractivity contribution >= 4 is 21.8 Å². The molecule has 0 unspecified atom stereocenters. The van der Waals surface area contributed by atoms with Crippen LogP contribution in [0, 0.1) is 0 Å². The fourth-order valence-electron chi connectivity index (χ4n) is 2.04. The molecule has 114 valence electrons. The van der Waals surface area contributed by atoms with Gasteiger partial charge in [-0.25, -0.2) is 0 Å². The first-order valence-corrected chi connectivity index (χ1v) is 7.96. The van der Waals surface area contributed by atoms with Gasteiger partial charge in [0.1, 0.15) is 4.90 Å². The number of amides is 1. The summed E-state index contributed by atoms with van der Waals surface area (Å²) < 4.78 is 27.6. The number of sulfonamides is 1. The van der Waals surface area contributed by atoms with Gasteiger partial charge < -0.3 is 15.5 Å². The second kappa shape index (κ2) is 6.23. The van der Waals surface area contributed by atoms with Crippen molar-refractivity contribution in [2.45, 2.75) is 4.90 Å². The predicted octanol–water partition coefficient (Wildman–Crippen LogP) is -0.597. The molecule has 21 heavy (non-hydrogen) atoms. The Bertz CT molecular complexity index is 670. The van der Waals surface area contributed by atoms with Crippen molar-refractivity contribution in [1.82, 2.24) is 15.5 Å². The molecular formula is C13H18N4O3S. The summed E-state index contributed by atoms with van der Waals surface area (Å²) in [5.74, 6) is 0.117. The predicted molar refractivity (Wildman–Crippen MR) is 79.7 cm³/mol. The number of rotatable bonds is 5. The number of hydrogen-bond donors (Lipinski definition) is 2. The van der Waals surface area contributed by atoms with Crippen LogP contribution in [-0.2, 0) is 14.8 Å². The number of nitrogens with zero attached hydrogens (tertiary/aromatic N) is 2. The minimum atomic E-state index is -3.65. The zero-order chi connectivity index (χ0) is 15.5. The number of carbonyl (C=O) groups is 1. The summed E-state index contributed by atoms with van der Waals surface area (Å²) >= 11 is 0. The fourth-order valence-corrected chi connectivity index (χ4v) is 3.29. The summed E-state index contributed by atoms with van der Waals surface area (Å²) in [5.41, 5.74) is 0.531. The second-order valence-electron chi connectivity index (χ2n) is 4.70. The van der Waals surface area contributed by atoms with E-state index in [4.69, 9.17) is 0 Å².